The fraction of sp³-hybridized carbons (Fsp3) is 0.455. The van der Waals surface area contributed by atoms with Crippen molar-refractivity contribution < 1.29 is 4.42 Å². The van der Waals surface area contributed by atoms with Crippen LogP contribution in [-0.4, -0.2) is 9.78 Å². The summed E-state index contributed by atoms with van der Waals surface area (Å²) in [6.07, 6.45) is 0. The SMILES string of the molecule is Cc1cc(=O)oc2nn(C(C)C)c(C)c12. The number of hydrogen-bond acceptors (Lipinski definition) is 3. The standard InChI is InChI=1S/C11H14N2O2/c1-6(2)13-8(4)10-7(3)5-9(14)15-11(10)12-13/h5-6H,1-4H3. The van der Waals surface area contributed by atoms with E-state index in [0.29, 0.717) is 5.71 Å². The topological polar surface area (TPSA) is 48.0 Å². The van der Waals surface area contributed by atoms with Gasteiger partial charge in [0.1, 0.15) is 0 Å². The summed E-state index contributed by atoms with van der Waals surface area (Å²) in [4.78, 5) is 11.2. The van der Waals surface area contributed by atoms with Gasteiger partial charge in [-0.1, -0.05) is 0 Å². The van der Waals surface area contributed by atoms with Crippen molar-refractivity contribution in [3.05, 3.63) is 27.7 Å². The van der Waals surface area contributed by atoms with E-state index in [2.05, 4.69) is 5.10 Å². The highest BCUT2D eigenvalue weighted by Crippen LogP contribution is 2.22. The number of nitrogens with zero attached hydrogens (tertiary/aromatic N) is 2. The number of fused-ring (bicyclic) bond motifs is 1. The molecule has 0 saturated heterocycles. The van der Waals surface area contributed by atoms with Crippen LogP contribution in [0.5, 0.6) is 0 Å². The number of aromatic nitrogens is 2. The Bertz CT molecular complexity index is 564. The lowest BCUT2D eigenvalue weighted by atomic mass is 10.2. The zero-order valence-corrected chi connectivity index (χ0v) is 9.37. The Morgan fingerprint density at radius 2 is 2.07 bits per heavy atom. The Hall–Kier alpha value is -1.58. The predicted molar refractivity (Wildman–Crippen MR) is 58.1 cm³/mol. The first-order valence-corrected chi connectivity index (χ1v) is 5.00. The maximum Gasteiger partial charge on any atom is 0.337 e. The molecule has 2 aromatic rings. The lowest BCUT2D eigenvalue weighted by Gasteiger charge is -2.06. The van der Waals surface area contributed by atoms with Gasteiger partial charge in [0.2, 0.25) is 5.71 Å². The zero-order valence-electron chi connectivity index (χ0n) is 9.37. The van der Waals surface area contributed by atoms with Crippen LogP contribution in [0.2, 0.25) is 0 Å². The van der Waals surface area contributed by atoms with E-state index in [1.165, 1.54) is 6.07 Å². The average Bonchev–Trinajstić information content (AvgIpc) is 2.42. The summed E-state index contributed by atoms with van der Waals surface area (Å²) in [5.41, 5.74) is 2.06. The summed E-state index contributed by atoms with van der Waals surface area (Å²) in [5, 5.41) is 5.23. The quantitative estimate of drug-likeness (QED) is 0.718. The number of aryl methyl sites for hydroxylation is 2. The number of hydrogen-bond donors (Lipinski definition) is 0. The van der Waals surface area contributed by atoms with Gasteiger partial charge in [0, 0.05) is 17.8 Å². The first-order chi connectivity index (χ1) is 7.00. The molecule has 0 aromatic carbocycles. The molecule has 0 aliphatic carbocycles. The van der Waals surface area contributed by atoms with Crippen molar-refractivity contribution in [2.45, 2.75) is 33.7 Å². The molecule has 0 aliphatic heterocycles. The van der Waals surface area contributed by atoms with Crippen molar-refractivity contribution in [2.24, 2.45) is 0 Å². The van der Waals surface area contributed by atoms with E-state index < -0.39 is 0 Å². The second-order valence-electron chi connectivity index (χ2n) is 4.05. The largest absolute Gasteiger partial charge is 0.402 e. The second kappa shape index (κ2) is 3.22. The first-order valence-electron chi connectivity index (χ1n) is 5.00. The lowest BCUT2D eigenvalue weighted by molar-refractivity contribution is 0.494. The van der Waals surface area contributed by atoms with Crippen LogP contribution in [0.15, 0.2) is 15.3 Å². The van der Waals surface area contributed by atoms with E-state index in [1.54, 1.807) is 0 Å². The molecule has 0 unspecified atom stereocenters. The van der Waals surface area contributed by atoms with Gasteiger partial charge in [-0.3, -0.25) is 4.68 Å². The van der Waals surface area contributed by atoms with Gasteiger partial charge in [0.15, 0.2) is 0 Å². The third-order valence-corrected chi connectivity index (χ3v) is 2.53. The highest BCUT2D eigenvalue weighted by Gasteiger charge is 2.13. The molecule has 0 fully saturated rings. The fourth-order valence-electron chi connectivity index (χ4n) is 1.89. The minimum atomic E-state index is -0.339. The Labute approximate surface area is 87.5 Å². The van der Waals surface area contributed by atoms with Crippen molar-refractivity contribution in [3.8, 4) is 0 Å². The second-order valence-corrected chi connectivity index (χ2v) is 4.05. The summed E-state index contributed by atoms with van der Waals surface area (Å²) < 4.78 is 6.94. The molecule has 2 aromatic heterocycles. The molecule has 0 saturated carbocycles. The molecule has 15 heavy (non-hydrogen) atoms. The van der Waals surface area contributed by atoms with E-state index in [9.17, 15) is 4.79 Å². The van der Waals surface area contributed by atoms with Gasteiger partial charge in [-0.05, 0) is 33.3 Å². The zero-order chi connectivity index (χ0) is 11.2. The Kier molecular flexibility index (Phi) is 2.14. The third kappa shape index (κ3) is 1.46. The molecule has 0 bridgehead atoms. The van der Waals surface area contributed by atoms with Gasteiger partial charge in [-0.15, -0.1) is 5.10 Å². The van der Waals surface area contributed by atoms with Crippen LogP contribution >= 0.6 is 0 Å². The van der Waals surface area contributed by atoms with Gasteiger partial charge in [0.05, 0.1) is 5.39 Å². The van der Waals surface area contributed by atoms with Gasteiger partial charge >= 0.3 is 5.63 Å². The maximum absolute atomic E-state index is 11.2. The Morgan fingerprint density at radius 3 is 2.67 bits per heavy atom. The predicted octanol–water partition coefficient (Wildman–Crippen LogP) is 2.19. The molecule has 0 amide bonds. The summed E-state index contributed by atoms with van der Waals surface area (Å²) in [7, 11) is 0. The Morgan fingerprint density at radius 1 is 1.40 bits per heavy atom. The van der Waals surface area contributed by atoms with Crippen LogP contribution in [-0.2, 0) is 0 Å². The smallest absolute Gasteiger partial charge is 0.337 e. The van der Waals surface area contributed by atoms with Crippen LogP contribution in [0.1, 0.15) is 31.1 Å². The highest BCUT2D eigenvalue weighted by atomic mass is 16.4. The minimum absolute atomic E-state index is 0.266. The summed E-state index contributed by atoms with van der Waals surface area (Å²) in [6, 6.07) is 1.77. The molecule has 0 atom stereocenters. The average molecular weight is 206 g/mol. The van der Waals surface area contributed by atoms with Gasteiger partial charge < -0.3 is 4.42 Å². The van der Waals surface area contributed by atoms with Crippen LogP contribution in [0.25, 0.3) is 11.1 Å². The monoisotopic (exact) mass is 206 g/mol. The van der Waals surface area contributed by atoms with Crippen LogP contribution in [0.3, 0.4) is 0 Å². The van der Waals surface area contributed by atoms with E-state index >= 15 is 0 Å². The van der Waals surface area contributed by atoms with Gasteiger partial charge in [0.25, 0.3) is 0 Å². The molecule has 0 radical (unpaired) electrons. The van der Waals surface area contributed by atoms with Crippen molar-refractivity contribution >= 4 is 11.1 Å². The molecule has 4 nitrogen and oxygen atoms in total. The van der Waals surface area contributed by atoms with Crippen molar-refractivity contribution in [1.29, 1.82) is 0 Å². The van der Waals surface area contributed by atoms with Crippen molar-refractivity contribution in [2.75, 3.05) is 0 Å². The van der Waals surface area contributed by atoms with Crippen molar-refractivity contribution in [1.82, 2.24) is 9.78 Å². The first kappa shape index (κ1) is 9.96. The molecule has 2 rings (SSSR count). The normalized spacial score (nSPS) is 11.5. The molecule has 80 valence electrons. The Balaban J connectivity index is 2.88. The van der Waals surface area contributed by atoms with Crippen molar-refractivity contribution in [3.63, 3.8) is 0 Å². The van der Waals surface area contributed by atoms with Gasteiger partial charge in [-0.2, -0.15) is 0 Å². The van der Waals surface area contributed by atoms with E-state index in [4.69, 9.17) is 4.42 Å². The molecular weight excluding hydrogens is 192 g/mol. The molecule has 0 N–H and O–H groups in total. The molecule has 4 heteroatoms. The minimum Gasteiger partial charge on any atom is -0.402 e. The van der Waals surface area contributed by atoms with Crippen LogP contribution < -0.4 is 5.63 Å². The molecular formula is C11H14N2O2. The molecule has 0 spiro atoms. The fourth-order valence-corrected chi connectivity index (χ4v) is 1.89. The molecule has 0 aliphatic rings. The van der Waals surface area contributed by atoms with Crippen LogP contribution in [0, 0.1) is 13.8 Å². The van der Waals surface area contributed by atoms with E-state index in [1.807, 2.05) is 32.4 Å². The highest BCUT2D eigenvalue weighted by molar-refractivity contribution is 5.79. The number of rotatable bonds is 1. The lowest BCUT2D eigenvalue weighted by Crippen LogP contribution is -2.04. The van der Waals surface area contributed by atoms with E-state index in [0.717, 1.165) is 16.6 Å². The summed E-state index contributed by atoms with van der Waals surface area (Å²) >= 11 is 0. The third-order valence-electron chi connectivity index (χ3n) is 2.53. The summed E-state index contributed by atoms with van der Waals surface area (Å²) in [6.45, 7) is 7.99. The van der Waals surface area contributed by atoms with Gasteiger partial charge in [-0.25, -0.2) is 4.79 Å². The van der Waals surface area contributed by atoms with Crippen LogP contribution in [0.4, 0.5) is 0 Å². The maximum atomic E-state index is 11.2. The summed E-state index contributed by atoms with van der Waals surface area (Å²) in [5.74, 6) is 0. The molecule has 2 heterocycles. The van der Waals surface area contributed by atoms with E-state index in [-0.39, 0.29) is 11.7 Å².